The van der Waals surface area contributed by atoms with E-state index in [0.29, 0.717) is 0 Å². The molecule has 0 fully saturated rings. The van der Waals surface area contributed by atoms with E-state index in [4.69, 9.17) is 14.2 Å². The van der Waals surface area contributed by atoms with Gasteiger partial charge in [0.15, 0.2) is 18.1 Å². The zero-order valence-corrected chi connectivity index (χ0v) is 14.1. The molecule has 0 saturated heterocycles. The number of nitrogens with zero attached hydrogens (tertiary/aromatic N) is 1. The van der Waals surface area contributed by atoms with Crippen LogP contribution in [0.1, 0.15) is 37.0 Å². The fraction of sp³-hybridized carbons (Fsp3) is 0.500. The van der Waals surface area contributed by atoms with Crippen LogP contribution in [0.25, 0.3) is 0 Å². The highest BCUT2D eigenvalue weighted by Gasteiger charge is 2.27. The first-order chi connectivity index (χ1) is 11.9. The van der Waals surface area contributed by atoms with E-state index in [2.05, 4.69) is 5.32 Å². The maximum absolute atomic E-state index is 12.2. The summed E-state index contributed by atoms with van der Waals surface area (Å²) in [6, 6.07) is 2.28. The number of esters is 1. The highest BCUT2D eigenvalue weighted by molar-refractivity contribution is 5.96. The molecular weight excluding hydrogens is 332 g/mol. The number of benzene rings is 1. The Bertz CT molecular complexity index is 675. The molecule has 0 saturated carbocycles. The monoisotopic (exact) mass is 352 g/mol. The fourth-order valence-corrected chi connectivity index (χ4v) is 2.42. The Balaban J connectivity index is 2.08. The molecule has 1 atom stereocenters. The number of hydrogen-bond acceptors (Lipinski definition) is 7. The van der Waals surface area contributed by atoms with Crippen LogP contribution >= 0.6 is 0 Å². The third kappa shape index (κ3) is 4.82. The number of rotatable bonds is 7. The minimum Gasteiger partial charge on any atom is -0.486 e. The molecule has 2 rings (SSSR count). The van der Waals surface area contributed by atoms with Crippen LogP contribution in [-0.2, 0) is 9.53 Å². The van der Waals surface area contributed by atoms with Gasteiger partial charge >= 0.3 is 5.97 Å². The van der Waals surface area contributed by atoms with Crippen molar-refractivity contribution >= 4 is 17.6 Å². The number of carbonyl (C=O) groups excluding carboxylic acids is 2. The SMILES string of the molecule is CCCC(C)NC(=O)COC(=O)c1cc2c(cc1[N+](=O)[O-])OCCO2. The maximum atomic E-state index is 12.2. The molecule has 1 unspecified atom stereocenters. The van der Waals surface area contributed by atoms with Crippen molar-refractivity contribution in [3.63, 3.8) is 0 Å². The van der Waals surface area contributed by atoms with E-state index < -0.39 is 29.1 Å². The van der Waals surface area contributed by atoms with Gasteiger partial charge in [0, 0.05) is 12.1 Å². The molecule has 1 N–H and O–H groups in total. The molecule has 0 radical (unpaired) electrons. The molecule has 0 bridgehead atoms. The lowest BCUT2D eigenvalue weighted by atomic mass is 10.1. The van der Waals surface area contributed by atoms with Crippen LogP contribution in [0.2, 0.25) is 0 Å². The molecule has 1 aromatic carbocycles. The predicted octanol–water partition coefficient (Wildman–Crippen LogP) is 1.83. The third-order valence-corrected chi connectivity index (χ3v) is 3.54. The highest BCUT2D eigenvalue weighted by Crippen LogP contribution is 2.36. The zero-order chi connectivity index (χ0) is 18.4. The van der Waals surface area contributed by atoms with E-state index in [-0.39, 0.29) is 36.3 Å². The highest BCUT2D eigenvalue weighted by atomic mass is 16.6. The van der Waals surface area contributed by atoms with Gasteiger partial charge in [-0.3, -0.25) is 14.9 Å². The smallest absolute Gasteiger partial charge is 0.345 e. The molecule has 9 nitrogen and oxygen atoms in total. The molecule has 0 aromatic heterocycles. The summed E-state index contributed by atoms with van der Waals surface area (Å²) >= 11 is 0. The summed E-state index contributed by atoms with van der Waals surface area (Å²) in [6.07, 6.45) is 1.71. The van der Waals surface area contributed by atoms with E-state index in [1.165, 1.54) is 6.07 Å². The van der Waals surface area contributed by atoms with Gasteiger partial charge in [0.1, 0.15) is 18.8 Å². The van der Waals surface area contributed by atoms with Gasteiger partial charge in [-0.1, -0.05) is 13.3 Å². The Morgan fingerprint density at radius 3 is 2.56 bits per heavy atom. The minimum atomic E-state index is -0.970. The average molecular weight is 352 g/mol. The number of nitrogens with one attached hydrogen (secondary N) is 1. The lowest BCUT2D eigenvalue weighted by Crippen LogP contribution is -2.35. The summed E-state index contributed by atoms with van der Waals surface area (Å²) in [6.45, 7) is 3.86. The van der Waals surface area contributed by atoms with Crippen LogP contribution in [0.4, 0.5) is 5.69 Å². The van der Waals surface area contributed by atoms with Gasteiger partial charge in [0.25, 0.3) is 11.6 Å². The average Bonchev–Trinajstić information content (AvgIpc) is 2.58. The van der Waals surface area contributed by atoms with Crippen LogP contribution in [-0.4, -0.2) is 42.7 Å². The van der Waals surface area contributed by atoms with E-state index in [1.807, 2.05) is 13.8 Å². The number of ether oxygens (including phenoxy) is 3. The van der Waals surface area contributed by atoms with Crippen molar-refractivity contribution in [2.24, 2.45) is 0 Å². The number of nitro benzene ring substituents is 1. The van der Waals surface area contributed by atoms with Crippen LogP contribution in [0.5, 0.6) is 11.5 Å². The largest absolute Gasteiger partial charge is 0.486 e. The molecule has 1 aromatic rings. The second kappa shape index (κ2) is 8.32. The van der Waals surface area contributed by atoms with Crippen LogP contribution in [0.3, 0.4) is 0 Å². The molecule has 1 amide bonds. The van der Waals surface area contributed by atoms with Gasteiger partial charge in [-0.25, -0.2) is 4.79 Å². The first-order valence-electron chi connectivity index (χ1n) is 7.97. The van der Waals surface area contributed by atoms with E-state index in [1.54, 1.807) is 0 Å². The summed E-state index contributed by atoms with van der Waals surface area (Å²) in [5.41, 5.74) is -0.752. The first-order valence-corrected chi connectivity index (χ1v) is 7.97. The lowest BCUT2D eigenvalue weighted by molar-refractivity contribution is -0.385. The summed E-state index contributed by atoms with van der Waals surface area (Å²) < 4.78 is 15.5. The van der Waals surface area contributed by atoms with Crippen molar-refractivity contribution in [2.75, 3.05) is 19.8 Å². The number of nitro groups is 1. The normalized spacial score (nSPS) is 13.7. The topological polar surface area (TPSA) is 117 Å². The molecule has 25 heavy (non-hydrogen) atoms. The Kier molecular flexibility index (Phi) is 6.15. The van der Waals surface area contributed by atoms with Gasteiger partial charge in [-0.2, -0.15) is 0 Å². The molecular formula is C16H20N2O7. The molecule has 9 heteroatoms. The van der Waals surface area contributed by atoms with E-state index in [9.17, 15) is 19.7 Å². The summed E-state index contributed by atoms with van der Waals surface area (Å²) in [5.74, 6) is -1.01. The molecule has 1 aliphatic rings. The van der Waals surface area contributed by atoms with Crippen molar-refractivity contribution in [2.45, 2.75) is 32.7 Å². The Hall–Kier alpha value is -2.84. The molecule has 1 aliphatic heterocycles. The van der Waals surface area contributed by atoms with Crippen molar-refractivity contribution in [3.05, 3.63) is 27.8 Å². The molecule has 0 aliphatic carbocycles. The molecule has 136 valence electrons. The number of amides is 1. The zero-order valence-electron chi connectivity index (χ0n) is 14.1. The molecule has 1 heterocycles. The summed E-state index contributed by atoms with van der Waals surface area (Å²) in [4.78, 5) is 34.4. The first kappa shape index (κ1) is 18.5. The van der Waals surface area contributed by atoms with Crippen molar-refractivity contribution < 1.29 is 28.7 Å². The van der Waals surface area contributed by atoms with Crippen molar-refractivity contribution in [3.8, 4) is 11.5 Å². The van der Waals surface area contributed by atoms with Gasteiger partial charge in [-0.15, -0.1) is 0 Å². The standard InChI is InChI=1S/C16H20N2O7/c1-3-4-10(2)17-15(19)9-25-16(20)11-7-13-14(24-6-5-23-13)8-12(11)18(21)22/h7-8,10H,3-6,9H2,1-2H3,(H,17,19). The number of hydrogen-bond donors (Lipinski definition) is 1. The van der Waals surface area contributed by atoms with Crippen molar-refractivity contribution in [1.29, 1.82) is 0 Å². The lowest BCUT2D eigenvalue weighted by Gasteiger charge is -2.18. The van der Waals surface area contributed by atoms with Crippen molar-refractivity contribution in [1.82, 2.24) is 5.32 Å². The van der Waals surface area contributed by atoms with Gasteiger partial charge < -0.3 is 19.5 Å². The third-order valence-electron chi connectivity index (χ3n) is 3.54. The van der Waals surface area contributed by atoms with E-state index in [0.717, 1.165) is 18.9 Å². The summed E-state index contributed by atoms with van der Waals surface area (Å²) in [7, 11) is 0. The van der Waals surface area contributed by atoms with Crippen LogP contribution in [0.15, 0.2) is 12.1 Å². The van der Waals surface area contributed by atoms with Gasteiger partial charge in [0.05, 0.1) is 11.0 Å². The predicted molar refractivity (Wildman–Crippen MR) is 86.9 cm³/mol. The Morgan fingerprint density at radius 2 is 1.96 bits per heavy atom. The Labute approximate surface area is 144 Å². The quantitative estimate of drug-likeness (QED) is 0.452. The number of fused-ring (bicyclic) bond motifs is 1. The van der Waals surface area contributed by atoms with E-state index >= 15 is 0 Å². The van der Waals surface area contributed by atoms with Gasteiger partial charge in [-0.05, 0) is 13.3 Å². The fourth-order valence-electron chi connectivity index (χ4n) is 2.42. The van der Waals surface area contributed by atoms with Crippen LogP contribution in [0, 0.1) is 10.1 Å². The van der Waals surface area contributed by atoms with Crippen LogP contribution < -0.4 is 14.8 Å². The number of carbonyl (C=O) groups is 2. The second-order valence-corrected chi connectivity index (χ2v) is 5.60. The Morgan fingerprint density at radius 1 is 1.32 bits per heavy atom. The maximum Gasteiger partial charge on any atom is 0.345 e. The summed E-state index contributed by atoms with van der Waals surface area (Å²) in [5, 5.41) is 13.9. The minimum absolute atomic E-state index is 0.0418. The molecule has 0 spiro atoms. The van der Waals surface area contributed by atoms with Gasteiger partial charge in [0.2, 0.25) is 0 Å². The second-order valence-electron chi connectivity index (χ2n) is 5.60.